The van der Waals surface area contributed by atoms with Crippen LogP contribution in [0.15, 0.2) is 22.7 Å². The second-order valence-corrected chi connectivity index (χ2v) is 7.42. The first-order valence-corrected chi connectivity index (χ1v) is 9.51. The van der Waals surface area contributed by atoms with Crippen LogP contribution in [-0.4, -0.2) is 23.5 Å². The zero-order valence-electron chi connectivity index (χ0n) is 13.4. The predicted molar refractivity (Wildman–Crippen MR) is 103 cm³/mol. The molecule has 2 amide bonds. The Labute approximate surface area is 165 Å². The molecule has 0 atom stereocenters. The average Bonchev–Trinajstić information content (AvgIpc) is 2.59. The molecule has 25 heavy (non-hydrogen) atoms. The van der Waals surface area contributed by atoms with E-state index < -0.39 is 5.91 Å². The largest absolute Gasteiger partial charge is 0.482 e. The maximum absolute atomic E-state index is 12.0. The Bertz CT molecular complexity index is 654. The van der Waals surface area contributed by atoms with E-state index in [4.69, 9.17) is 28.6 Å². The molecule has 1 fully saturated rings. The van der Waals surface area contributed by atoms with E-state index in [9.17, 15) is 9.59 Å². The lowest BCUT2D eigenvalue weighted by Crippen LogP contribution is -2.51. The van der Waals surface area contributed by atoms with Gasteiger partial charge in [0.2, 0.25) is 5.91 Å². The molecule has 0 heterocycles. The van der Waals surface area contributed by atoms with Crippen molar-refractivity contribution in [3.63, 3.8) is 0 Å². The van der Waals surface area contributed by atoms with E-state index in [2.05, 4.69) is 32.1 Å². The summed E-state index contributed by atoms with van der Waals surface area (Å²) in [7, 11) is 0. The van der Waals surface area contributed by atoms with Crippen molar-refractivity contribution in [1.29, 1.82) is 0 Å². The molecule has 0 bridgehead atoms. The van der Waals surface area contributed by atoms with Gasteiger partial charge in [-0.15, -0.1) is 0 Å². The van der Waals surface area contributed by atoms with Crippen molar-refractivity contribution >= 4 is 56.7 Å². The number of nitrogens with one attached hydrogen (secondary N) is 3. The molecule has 1 aromatic rings. The summed E-state index contributed by atoms with van der Waals surface area (Å²) in [5.41, 5.74) is 5.07. The highest BCUT2D eigenvalue weighted by molar-refractivity contribution is 9.10. The summed E-state index contributed by atoms with van der Waals surface area (Å²) in [6.45, 7) is -0.250. The molecule has 1 saturated carbocycles. The first-order chi connectivity index (χ1) is 12.0. The molecule has 1 aromatic carbocycles. The maximum atomic E-state index is 12.0. The van der Waals surface area contributed by atoms with Crippen molar-refractivity contribution in [1.82, 2.24) is 16.2 Å². The van der Waals surface area contributed by atoms with Crippen LogP contribution in [-0.2, 0) is 9.59 Å². The maximum Gasteiger partial charge on any atom is 0.264 e. The lowest BCUT2D eigenvalue weighted by atomic mass is 9.89. The van der Waals surface area contributed by atoms with Gasteiger partial charge in [-0.3, -0.25) is 25.8 Å². The summed E-state index contributed by atoms with van der Waals surface area (Å²) in [5.74, 6) is -0.162. The summed E-state index contributed by atoms with van der Waals surface area (Å²) < 4.78 is 6.15. The first kappa shape index (κ1) is 19.9. The number of ether oxygens (including phenoxy) is 1. The fourth-order valence-corrected chi connectivity index (χ4v) is 3.41. The minimum atomic E-state index is -0.455. The van der Waals surface area contributed by atoms with Crippen LogP contribution in [0.4, 0.5) is 0 Å². The van der Waals surface area contributed by atoms with Crippen molar-refractivity contribution in [2.75, 3.05) is 6.61 Å². The number of benzene rings is 1. The number of amides is 2. The third-order valence-corrected chi connectivity index (χ3v) is 4.77. The van der Waals surface area contributed by atoms with Crippen LogP contribution in [0.25, 0.3) is 0 Å². The van der Waals surface area contributed by atoms with Gasteiger partial charge in [-0.05, 0) is 43.3 Å². The van der Waals surface area contributed by atoms with Crippen LogP contribution in [0.2, 0.25) is 5.02 Å². The number of thiocarbonyl (C=S) groups is 1. The topological polar surface area (TPSA) is 79.5 Å². The minimum Gasteiger partial charge on any atom is -0.482 e. The Morgan fingerprint density at radius 1 is 1.24 bits per heavy atom. The third-order valence-electron chi connectivity index (χ3n) is 3.78. The summed E-state index contributed by atoms with van der Waals surface area (Å²) >= 11 is 14.3. The fraction of sp³-hybridized carbons (Fsp3) is 0.438. The van der Waals surface area contributed by atoms with Crippen LogP contribution in [0.5, 0.6) is 5.75 Å². The number of carbonyl (C=O) groups is 2. The molecule has 3 N–H and O–H groups in total. The molecule has 0 saturated heterocycles. The number of halogens is 2. The Balaban J connectivity index is 1.69. The monoisotopic (exact) mass is 447 g/mol. The summed E-state index contributed by atoms with van der Waals surface area (Å²) in [6.07, 6.45) is 5.07. The molecule has 1 aliphatic carbocycles. The van der Waals surface area contributed by atoms with Gasteiger partial charge in [-0.25, -0.2) is 0 Å². The number of hydrogen-bond acceptors (Lipinski definition) is 4. The molecule has 136 valence electrons. The smallest absolute Gasteiger partial charge is 0.264 e. The van der Waals surface area contributed by atoms with Gasteiger partial charge in [0.15, 0.2) is 11.7 Å². The van der Waals surface area contributed by atoms with Crippen LogP contribution in [0.1, 0.15) is 32.1 Å². The summed E-state index contributed by atoms with van der Waals surface area (Å²) in [4.78, 5) is 23.8. The zero-order valence-corrected chi connectivity index (χ0v) is 16.6. The fourth-order valence-electron chi connectivity index (χ4n) is 2.51. The normalized spacial score (nSPS) is 14.5. The predicted octanol–water partition coefficient (Wildman–Crippen LogP) is 3.08. The van der Waals surface area contributed by atoms with Crippen LogP contribution in [0.3, 0.4) is 0 Å². The molecule has 2 rings (SSSR count). The molecule has 1 aliphatic rings. The minimum absolute atomic E-state index is 0.00244. The standard InChI is InChI=1S/C16H19BrClN3O3S/c17-11-6-7-13(12(18)8-11)24-9-14(22)19-16(25)21-20-15(23)10-4-2-1-3-5-10/h6-8,10H,1-5,9H2,(H,20,23)(H2,19,21,22,25). The van der Waals surface area contributed by atoms with Crippen LogP contribution >= 0.6 is 39.7 Å². The molecule has 0 spiro atoms. The third kappa shape index (κ3) is 6.80. The van der Waals surface area contributed by atoms with Gasteiger partial charge in [-0.1, -0.05) is 46.8 Å². The van der Waals surface area contributed by atoms with E-state index in [-0.39, 0.29) is 23.5 Å². The number of carbonyl (C=O) groups excluding carboxylic acids is 2. The molecule has 0 aromatic heterocycles. The molecular weight excluding hydrogens is 430 g/mol. The van der Waals surface area contributed by atoms with Gasteiger partial charge < -0.3 is 4.74 Å². The van der Waals surface area contributed by atoms with E-state index in [0.29, 0.717) is 10.8 Å². The SMILES string of the molecule is O=C(COc1ccc(Br)cc1Cl)NC(=S)NNC(=O)C1CCCCC1. The Kier molecular flexibility index (Phi) is 7.92. The van der Waals surface area contributed by atoms with Crippen molar-refractivity contribution in [3.05, 3.63) is 27.7 Å². The van der Waals surface area contributed by atoms with Gasteiger partial charge in [-0.2, -0.15) is 0 Å². The van der Waals surface area contributed by atoms with Crippen molar-refractivity contribution in [2.24, 2.45) is 5.92 Å². The lowest BCUT2D eigenvalue weighted by Gasteiger charge is -2.21. The number of hydrazine groups is 1. The van der Waals surface area contributed by atoms with E-state index in [0.717, 1.165) is 30.2 Å². The molecule has 0 aliphatic heterocycles. The zero-order chi connectivity index (χ0) is 18.2. The first-order valence-electron chi connectivity index (χ1n) is 7.93. The highest BCUT2D eigenvalue weighted by atomic mass is 79.9. The van der Waals surface area contributed by atoms with Gasteiger partial charge in [0.05, 0.1) is 5.02 Å². The van der Waals surface area contributed by atoms with E-state index in [1.54, 1.807) is 18.2 Å². The van der Waals surface area contributed by atoms with Gasteiger partial charge in [0, 0.05) is 10.4 Å². The Hall–Kier alpha value is -1.38. The lowest BCUT2D eigenvalue weighted by molar-refractivity contribution is -0.126. The molecular formula is C16H19BrClN3O3S. The van der Waals surface area contributed by atoms with Crippen molar-refractivity contribution < 1.29 is 14.3 Å². The average molecular weight is 449 g/mol. The van der Waals surface area contributed by atoms with Gasteiger partial charge >= 0.3 is 0 Å². The van der Waals surface area contributed by atoms with E-state index >= 15 is 0 Å². The second kappa shape index (κ2) is 9.94. The van der Waals surface area contributed by atoms with Crippen molar-refractivity contribution in [3.8, 4) is 5.75 Å². The Morgan fingerprint density at radius 2 is 1.96 bits per heavy atom. The van der Waals surface area contributed by atoms with Gasteiger partial charge in [0.1, 0.15) is 5.75 Å². The second-order valence-electron chi connectivity index (χ2n) is 5.69. The number of hydrogen-bond donors (Lipinski definition) is 3. The quantitative estimate of drug-likeness (QED) is 0.487. The molecule has 0 unspecified atom stereocenters. The summed E-state index contributed by atoms with van der Waals surface area (Å²) in [5, 5.41) is 2.83. The highest BCUT2D eigenvalue weighted by Crippen LogP contribution is 2.27. The molecule has 9 heteroatoms. The van der Waals surface area contributed by atoms with Crippen molar-refractivity contribution in [2.45, 2.75) is 32.1 Å². The summed E-state index contributed by atoms with van der Waals surface area (Å²) in [6, 6.07) is 5.08. The molecule has 6 nitrogen and oxygen atoms in total. The van der Waals surface area contributed by atoms with Crippen LogP contribution < -0.4 is 20.9 Å². The molecule has 0 radical (unpaired) electrons. The van der Waals surface area contributed by atoms with Crippen LogP contribution in [0, 0.1) is 5.92 Å². The number of rotatable bonds is 4. The van der Waals surface area contributed by atoms with E-state index in [1.165, 1.54) is 6.42 Å². The Morgan fingerprint density at radius 3 is 2.64 bits per heavy atom. The van der Waals surface area contributed by atoms with Gasteiger partial charge in [0.25, 0.3) is 5.91 Å². The van der Waals surface area contributed by atoms with E-state index in [1.807, 2.05) is 0 Å². The highest BCUT2D eigenvalue weighted by Gasteiger charge is 2.21.